The summed E-state index contributed by atoms with van der Waals surface area (Å²) in [7, 11) is 0. The molecule has 2 N–H and O–H groups in total. The molecule has 136 valence electrons. The van der Waals surface area contributed by atoms with Crippen molar-refractivity contribution in [2.45, 2.75) is 44.7 Å². The maximum atomic E-state index is 12.8. The average Bonchev–Trinajstić information content (AvgIpc) is 3.05. The highest BCUT2D eigenvalue weighted by Crippen LogP contribution is 2.26. The molecule has 1 aliphatic rings. The van der Waals surface area contributed by atoms with Crippen molar-refractivity contribution in [3.63, 3.8) is 0 Å². The normalized spacial score (nSPS) is 18.0. The predicted octanol–water partition coefficient (Wildman–Crippen LogP) is 2.97. The summed E-state index contributed by atoms with van der Waals surface area (Å²) in [4.78, 5) is 37.9. The van der Waals surface area contributed by atoms with E-state index in [4.69, 9.17) is 23.2 Å². The van der Waals surface area contributed by atoms with Crippen LogP contribution in [-0.4, -0.2) is 46.4 Å². The van der Waals surface area contributed by atoms with Gasteiger partial charge in [-0.15, -0.1) is 0 Å². The van der Waals surface area contributed by atoms with Gasteiger partial charge in [0.25, 0.3) is 5.91 Å². The van der Waals surface area contributed by atoms with Gasteiger partial charge in [-0.05, 0) is 37.5 Å². The largest absolute Gasteiger partial charge is 0.480 e. The molecule has 0 spiro atoms. The summed E-state index contributed by atoms with van der Waals surface area (Å²) in [6.45, 7) is 2.25. The molecule has 1 fully saturated rings. The SMILES string of the molecule is CCCC(NC(=O)C1CCCN1C(=O)c1cc(Cl)ccc1Cl)C(=O)O. The Hall–Kier alpha value is -1.79. The number of carbonyl (C=O) groups is 3. The molecule has 2 unspecified atom stereocenters. The Kier molecular flexibility index (Phi) is 6.67. The van der Waals surface area contributed by atoms with Crippen molar-refractivity contribution in [1.82, 2.24) is 10.2 Å². The van der Waals surface area contributed by atoms with Gasteiger partial charge < -0.3 is 15.3 Å². The van der Waals surface area contributed by atoms with Crippen LogP contribution in [0.5, 0.6) is 0 Å². The number of rotatable bonds is 6. The molecule has 0 aromatic heterocycles. The number of nitrogens with zero attached hydrogens (tertiary/aromatic N) is 1. The van der Waals surface area contributed by atoms with E-state index in [1.807, 2.05) is 6.92 Å². The molecule has 2 rings (SSSR count). The molecule has 1 aromatic rings. The lowest BCUT2D eigenvalue weighted by atomic mass is 10.1. The molecule has 1 saturated heterocycles. The molecule has 2 amide bonds. The zero-order valence-electron chi connectivity index (χ0n) is 13.8. The minimum Gasteiger partial charge on any atom is -0.480 e. The van der Waals surface area contributed by atoms with Crippen LogP contribution in [0.4, 0.5) is 0 Å². The number of likely N-dealkylation sites (tertiary alicyclic amines) is 1. The van der Waals surface area contributed by atoms with Gasteiger partial charge >= 0.3 is 5.97 Å². The summed E-state index contributed by atoms with van der Waals surface area (Å²) >= 11 is 12.0. The van der Waals surface area contributed by atoms with Gasteiger partial charge in [0, 0.05) is 11.6 Å². The van der Waals surface area contributed by atoms with Gasteiger partial charge in [-0.3, -0.25) is 9.59 Å². The lowest BCUT2D eigenvalue weighted by Crippen LogP contribution is -2.50. The molecule has 0 aliphatic carbocycles. The van der Waals surface area contributed by atoms with Crippen LogP contribution in [0.15, 0.2) is 18.2 Å². The fourth-order valence-corrected chi connectivity index (χ4v) is 3.28. The minimum absolute atomic E-state index is 0.234. The fraction of sp³-hybridized carbons (Fsp3) is 0.471. The highest BCUT2D eigenvalue weighted by Gasteiger charge is 2.36. The van der Waals surface area contributed by atoms with Crippen LogP contribution in [0.2, 0.25) is 10.0 Å². The van der Waals surface area contributed by atoms with E-state index in [9.17, 15) is 19.5 Å². The number of hydrogen-bond acceptors (Lipinski definition) is 3. The van der Waals surface area contributed by atoms with E-state index in [2.05, 4.69) is 5.32 Å². The lowest BCUT2D eigenvalue weighted by Gasteiger charge is -2.26. The summed E-state index contributed by atoms with van der Waals surface area (Å²) < 4.78 is 0. The molecule has 0 bridgehead atoms. The van der Waals surface area contributed by atoms with E-state index < -0.39 is 24.0 Å². The number of aliphatic carboxylic acids is 1. The van der Waals surface area contributed by atoms with Crippen molar-refractivity contribution in [1.29, 1.82) is 0 Å². The second-order valence-corrected chi connectivity index (χ2v) is 6.81. The Morgan fingerprint density at radius 1 is 1.36 bits per heavy atom. The number of carboxylic acid groups (broad SMARTS) is 1. The Balaban J connectivity index is 2.16. The van der Waals surface area contributed by atoms with Gasteiger partial charge in [-0.25, -0.2) is 4.79 Å². The Morgan fingerprint density at radius 2 is 2.08 bits per heavy atom. The van der Waals surface area contributed by atoms with Crippen molar-refractivity contribution in [3.8, 4) is 0 Å². The van der Waals surface area contributed by atoms with Crippen LogP contribution < -0.4 is 5.32 Å². The monoisotopic (exact) mass is 386 g/mol. The van der Waals surface area contributed by atoms with Gasteiger partial charge in [0.2, 0.25) is 5.91 Å². The van der Waals surface area contributed by atoms with Crippen LogP contribution in [0.1, 0.15) is 43.0 Å². The third-order valence-electron chi connectivity index (χ3n) is 4.17. The van der Waals surface area contributed by atoms with Crippen molar-refractivity contribution < 1.29 is 19.5 Å². The second kappa shape index (κ2) is 8.54. The number of hydrogen-bond donors (Lipinski definition) is 2. The summed E-state index contributed by atoms with van der Waals surface area (Å²) in [6, 6.07) is 2.92. The van der Waals surface area contributed by atoms with E-state index in [1.165, 1.54) is 17.0 Å². The number of nitrogens with one attached hydrogen (secondary N) is 1. The molecule has 2 atom stereocenters. The van der Waals surface area contributed by atoms with E-state index >= 15 is 0 Å². The van der Waals surface area contributed by atoms with Gasteiger partial charge in [-0.1, -0.05) is 36.5 Å². The third kappa shape index (κ3) is 4.64. The van der Waals surface area contributed by atoms with E-state index in [-0.39, 0.29) is 16.5 Å². The Morgan fingerprint density at radius 3 is 2.72 bits per heavy atom. The van der Waals surface area contributed by atoms with Crippen molar-refractivity contribution >= 4 is 41.0 Å². The van der Waals surface area contributed by atoms with Crippen molar-refractivity contribution in [2.24, 2.45) is 0 Å². The first-order valence-electron chi connectivity index (χ1n) is 8.14. The maximum absolute atomic E-state index is 12.8. The molecule has 1 aromatic carbocycles. The Bertz CT molecular complexity index is 681. The van der Waals surface area contributed by atoms with E-state index in [0.29, 0.717) is 37.3 Å². The minimum atomic E-state index is -1.08. The van der Waals surface area contributed by atoms with Crippen LogP contribution in [0.3, 0.4) is 0 Å². The second-order valence-electron chi connectivity index (χ2n) is 5.97. The smallest absolute Gasteiger partial charge is 0.326 e. The number of carbonyl (C=O) groups excluding carboxylic acids is 2. The number of halogens is 2. The van der Waals surface area contributed by atoms with Crippen LogP contribution in [0.25, 0.3) is 0 Å². The average molecular weight is 387 g/mol. The molecule has 1 aliphatic heterocycles. The van der Waals surface area contributed by atoms with E-state index in [0.717, 1.165) is 0 Å². The zero-order chi connectivity index (χ0) is 18.6. The van der Waals surface area contributed by atoms with Crippen molar-refractivity contribution in [3.05, 3.63) is 33.8 Å². The molecular weight excluding hydrogens is 367 g/mol. The van der Waals surface area contributed by atoms with Crippen LogP contribution >= 0.6 is 23.2 Å². The molecule has 1 heterocycles. The first-order valence-corrected chi connectivity index (χ1v) is 8.90. The first kappa shape index (κ1) is 19.5. The summed E-state index contributed by atoms with van der Waals surface area (Å²) in [5.74, 6) is -1.92. The molecule has 6 nitrogen and oxygen atoms in total. The Labute approximate surface area is 156 Å². The third-order valence-corrected chi connectivity index (χ3v) is 4.73. The quantitative estimate of drug-likeness (QED) is 0.786. The number of amides is 2. The van der Waals surface area contributed by atoms with E-state index in [1.54, 1.807) is 6.07 Å². The van der Waals surface area contributed by atoms with Gasteiger partial charge in [-0.2, -0.15) is 0 Å². The standard InChI is InChI=1S/C17H20Cl2N2O4/c1-2-4-13(17(24)25)20-15(22)14-5-3-8-21(14)16(23)11-9-10(18)6-7-12(11)19/h6-7,9,13-14H,2-5,8H2,1H3,(H,20,22)(H,24,25). The van der Waals surface area contributed by atoms with Gasteiger partial charge in [0.05, 0.1) is 10.6 Å². The predicted molar refractivity (Wildman–Crippen MR) is 95.0 cm³/mol. The van der Waals surface area contributed by atoms with Crippen LogP contribution in [-0.2, 0) is 9.59 Å². The number of carboxylic acids is 1. The molecule has 8 heteroatoms. The molecule has 0 saturated carbocycles. The molecule has 0 radical (unpaired) electrons. The summed E-state index contributed by atoms with van der Waals surface area (Å²) in [5.41, 5.74) is 0.234. The lowest BCUT2D eigenvalue weighted by molar-refractivity contribution is -0.142. The van der Waals surface area contributed by atoms with Gasteiger partial charge in [0.1, 0.15) is 12.1 Å². The zero-order valence-corrected chi connectivity index (χ0v) is 15.3. The molecular formula is C17H20Cl2N2O4. The highest BCUT2D eigenvalue weighted by atomic mass is 35.5. The fourth-order valence-electron chi connectivity index (χ4n) is 2.91. The number of benzene rings is 1. The van der Waals surface area contributed by atoms with Crippen LogP contribution in [0, 0.1) is 0 Å². The summed E-state index contributed by atoms with van der Waals surface area (Å²) in [6.07, 6.45) is 2.10. The molecule has 25 heavy (non-hydrogen) atoms. The first-order chi connectivity index (χ1) is 11.8. The highest BCUT2D eigenvalue weighted by molar-refractivity contribution is 6.35. The van der Waals surface area contributed by atoms with Crippen molar-refractivity contribution in [2.75, 3.05) is 6.54 Å². The maximum Gasteiger partial charge on any atom is 0.326 e. The van der Waals surface area contributed by atoms with Gasteiger partial charge in [0.15, 0.2) is 0 Å². The summed E-state index contributed by atoms with van der Waals surface area (Å²) in [5, 5.41) is 12.4. The topological polar surface area (TPSA) is 86.7 Å².